The summed E-state index contributed by atoms with van der Waals surface area (Å²) in [6.45, 7) is 0. The second-order valence-electron chi connectivity index (χ2n) is 5.97. The molecule has 1 aliphatic rings. The van der Waals surface area contributed by atoms with E-state index in [0.29, 0.717) is 12.8 Å². The van der Waals surface area contributed by atoms with Crippen molar-refractivity contribution < 1.29 is 10.0 Å². The molecule has 2 aromatic carbocycles. The molecule has 0 unspecified atom stereocenters. The Morgan fingerprint density at radius 1 is 0.870 bits per heavy atom. The number of hydrogen-bond acceptors (Lipinski definition) is 3. The van der Waals surface area contributed by atoms with Crippen molar-refractivity contribution in [2.24, 2.45) is 0 Å². The zero-order valence-corrected chi connectivity index (χ0v) is 13.1. The maximum absolute atomic E-state index is 12.2. The maximum Gasteiger partial charge on any atom is 0.264 e. The van der Waals surface area contributed by atoms with Crippen molar-refractivity contribution in [2.45, 2.75) is 37.9 Å². The first-order chi connectivity index (χ1) is 11.2. The van der Waals surface area contributed by atoms with Crippen LogP contribution in [0.25, 0.3) is 0 Å². The number of carbonyl (C=O) groups excluding carboxylic acids is 1. The van der Waals surface area contributed by atoms with E-state index in [1.807, 2.05) is 36.4 Å². The van der Waals surface area contributed by atoms with Crippen LogP contribution in [0.15, 0.2) is 60.7 Å². The molecule has 1 saturated heterocycles. The summed E-state index contributed by atoms with van der Waals surface area (Å²) in [5.41, 5.74) is 2.42. The fraction of sp³-hybridized carbons (Fsp3) is 0.316. The van der Waals surface area contributed by atoms with Crippen molar-refractivity contribution in [3.05, 3.63) is 71.8 Å². The lowest BCUT2D eigenvalue weighted by Crippen LogP contribution is -2.35. The Balaban J connectivity index is 1.52. The van der Waals surface area contributed by atoms with Gasteiger partial charge >= 0.3 is 0 Å². The molecule has 2 N–H and O–H groups in total. The molecule has 1 heterocycles. The zero-order chi connectivity index (χ0) is 16.1. The smallest absolute Gasteiger partial charge is 0.264 e. The number of nitrogens with one attached hydrogen (secondary N) is 1. The normalized spacial score (nSPS) is 20.9. The molecular formula is C19H22N2O2. The molecular weight excluding hydrogens is 288 g/mol. The average Bonchev–Trinajstić information content (AvgIpc) is 2.88. The molecule has 1 aliphatic heterocycles. The number of amides is 1. The van der Waals surface area contributed by atoms with Crippen LogP contribution in [0.2, 0.25) is 0 Å². The maximum atomic E-state index is 12.2. The molecule has 120 valence electrons. The SMILES string of the molecule is O=C1[C@H](CCc2ccccc2)N[C@@H](CCc2ccccc2)N1O. The first-order valence-corrected chi connectivity index (χ1v) is 8.10. The summed E-state index contributed by atoms with van der Waals surface area (Å²) >= 11 is 0. The molecule has 2 aromatic rings. The highest BCUT2D eigenvalue weighted by Gasteiger charge is 2.37. The van der Waals surface area contributed by atoms with E-state index in [9.17, 15) is 10.0 Å². The van der Waals surface area contributed by atoms with Gasteiger partial charge in [-0.25, -0.2) is 5.06 Å². The van der Waals surface area contributed by atoms with Crippen LogP contribution in [0, 0.1) is 0 Å². The highest BCUT2D eigenvalue weighted by molar-refractivity contribution is 5.83. The summed E-state index contributed by atoms with van der Waals surface area (Å²) in [5, 5.41) is 14.2. The van der Waals surface area contributed by atoms with Gasteiger partial charge in [0.05, 0.1) is 6.04 Å². The molecule has 0 radical (unpaired) electrons. The highest BCUT2D eigenvalue weighted by atomic mass is 16.5. The summed E-state index contributed by atoms with van der Waals surface area (Å²) in [7, 11) is 0. The van der Waals surface area contributed by atoms with Crippen molar-refractivity contribution in [1.82, 2.24) is 10.4 Å². The first kappa shape index (κ1) is 15.7. The largest absolute Gasteiger partial charge is 0.284 e. The molecule has 2 atom stereocenters. The van der Waals surface area contributed by atoms with Crippen LogP contribution in [0.5, 0.6) is 0 Å². The third kappa shape index (κ3) is 3.97. The first-order valence-electron chi connectivity index (χ1n) is 8.10. The van der Waals surface area contributed by atoms with E-state index in [1.54, 1.807) is 0 Å². The predicted octanol–water partition coefficient (Wildman–Crippen LogP) is 2.77. The van der Waals surface area contributed by atoms with Gasteiger partial charge in [-0.3, -0.25) is 15.3 Å². The molecule has 0 bridgehead atoms. The lowest BCUT2D eigenvalue weighted by Gasteiger charge is -2.16. The zero-order valence-electron chi connectivity index (χ0n) is 13.1. The molecule has 0 saturated carbocycles. The Kier molecular flexibility index (Phi) is 5.05. The molecule has 0 aliphatic carbocycles. The van der Waals surface area contributed by atoms with Gasteiger partial charge in [0, 0.05) is 0 Å². The van der Waals surface area contributed by atoms with Gasteiger partial charge < -0.3 is 0 Å². The Morgan fingerprint density at radius 2 is 1.39 bits per heavy atom. The summed E-state index contributed by atoms with van der Waals surface area (Å²) in [5.74, 6) is -0.223. The number of carbonyl (C=O) groups is 1. The average molecular weight is 310 g/mol. The Hall–Kier alpha value is -2.17. The van der Waals surface area contributed by atoms with Gasteiger partial charge in [0.1, 0.15) is 6.17 Å². The van der Waals surface area contributed by atoms with E-state index in [0.717, 1.165) is 17.9 Å². The van der Waals surface area contributed by atoms with Crippen LogP contribution in [0.1, 0.15) is 24.0 Å². The van der Waals surface area contributed by atoms with Crippen molar-refractivity contribution in [3.8, 4) is 0 Å². The fourth-order valence-corrected chi connectivity index (χ4v) is 3.00. The summed E-state index contributed by atoms with van der Waals surface area (Å²) in [6.07, 6.45) is 2.75. The van der Waals surface area contributed by atoms with Crippen molar-refractivity contribution in [3.63, 3.8) is 0 Å². The molecule has 1 fully saturated rings. The molecule has 4 heteroatoms. The summed E-state index contributed by atoms with van der Waals surface area (Å²) in [6, 6.07) is 19.9. The van der Waals surface area contributed by atoms with E-state index in [4.69, 9.17) is 0 Å². The van der Waals surface area contributed by atoms with E-state index < -0.39 is 0 Å². The number of nitrogens with zero attached hydrogens (tertiary/aromatic N) is 1. The lowest BCUT2D eigenvalue weighted by atomic mass is 10.1. The molecule has 4 nitrogen and oxygen atoms in total. The minimum Gasteiger partial charge on any atom is -0.284 e. The minimum atomic E-state index is -0.305. The Labute approximate surface area is 136 Å². The van der Waals surface area contributed by atoms with Crippen LogP contribution < -0.4 is 5.32 Å². The van der Waals surface area contributed by atoms with Gasteiger partial charge in [-0.05, 0) is 36.8 Å². The third-order valence-corrected chi connectivity index (χ3v) is 4.33. The molecule has 3 rings (SSSR count). The second kappa shape index (κ2) is 7.40. The van der Waals surface area contributed by atoms with Crippen LogP contribution >= 0.6 is 0 Å². The van der Waals surface area contributed by atoms with Gasteiger partial charge in [-0.2, -0.15) is 0 Å². The van der Waals surface area contributed by atoms with Gasteiger partial charge in [0.25, 0.3) is 5.91 Å². The quantitative estimate of drug-likeness (QED) is 0.807. The Morgan fingerprint density at radius 3 is 1.96 bits per heavy atom. The Bertz CT molecular complexity index is 630. The van der Waals surface area contributed by atoms with E-state index in [2.05, 4.69) is 29.6 Å². The monoisotopic (exact) mass is 310 g/mol. The van der Waals surface area contributed by atoms with Crippen LogP contribution in [0.4, 0.5) is 0 Å². The van der Waals surface area contributed by atoms with Gasteiger partial charge in [-0.1, -0.05) is 60.7 Å². The predicted molar refractivity (Wildman–Crippen MR) is 88.9 cm³/mol. The number of hydrogen-bond donors (Lipinski definition) is 2. The van der Waals surface area contributed by atoms with Crippen LogP contribution in [-0.4, -0.2) is 28.4 Å². The van der Waals surface area contributed by atoms with Crippen molar-refractivity contribution in [1.29, 1.82) is 0 Å². The number of hydroxylamine groups is 2. The molecule has 0 spiro atoms. The molecule has 1 amide bonds. The van der Waals surface area contributed by atoms with E-state index in [1.165, 1.54) is 11.1 Å². The van der Waals surface area contributed by atoms with Gasteiger partial charge in [0.15, 0.2) is 0 Å². The van der Waals surface area contributed by atoms with E-state index >= 15 is 0 Å². The summed E-state index contributed by atoms with van der Waals surface area (Å²) in [4.78, 5) is 12.2. The number of benzene rings is 2. The molecule has 23 heavy (non-hydrogen) atoms. The van der Waals surface area contributed by atoms with Crippen LogP contribution in [-0.2, 0) is 17.6 Å². The van der Waals surface area contributed by atoms with Gasteiger partial charge in [-0.15, -0.1) is 0 Å². The second-order valence-corrected chi connectivity index (χ2v) is 5.97. The standard InChI is InChI=1S/C19H22N2O2/c22-19-17(13-11-15-7-3-1-4-8-15)20-18(21(19)23)14-12-16-9-5-2-6-10-16/h1-10,17-18,20,23H,11-14H2/t17-,18+/m0/s1. The summed E-state index contributed by atoms with van der Waals surface area (Å²) < 4.78 is 0. The number of aryl methyl sites for hydroxylation is 2. The molecule has 0 aromatic heterocycles. The third-order valence-electron chi connectivity index (χ3n) is 4.33. The van der Waals surface area contributed by atoms with Crippen LogP contribution in [0.3, 0.4) is 0 Å². The van der Waals surface area contributed by atoms with E-state index in [-0.39, 0.29) is 18.1 Å². The van der Waals surface area contributed by atoms with Crippen molar-refractivity contribution >= 4 is 5.91 Å². The topological polar surface area (TPSA) is 52.6 Å². The van der Waals surface area contributed by atoms with Gasteiger partial charge in [0.2, 0.25) is 0 Å². The fourth-order valence-electron chi connectivity index (χ4n) is 3.00. The lowest BCUT2D eigenvalue weighted by molar-refractivity contribution is -0.166. The van der Waals surface area contributed by atoms with Crippen molar-refractivity contribution in [2.75, 3.05) is 0 Å². The minimum absolute atomic E-state index is 0.223. The highest BCUT2D eigenvalue weighted by Crippen LogP contribution is 2.17. The number of rotatable bonds is 6.